The summed E-state index contributed by atoms with van der Waals surface area (Å²) in [7, 11) is 0. The molecule has 0 radical (unpaired) electrons. The fourth-order valence-corrected chi connectivity index (χ4v) is 4.58. The topological polar surface area (TPSA) is 20.7 Å². The maximum absolute atomic E-state index is 3.38. The highest BCUT2D eigenvalue weighted by atomic mass is 15.0. The summed E-state index contributed by atoms with van der Waals surface area (Å²) in [6.45, 7) is 4.00. The molecule has 0 saturated carbocycles. The maximum atomic E-state index is 3.38. The van der Waals surface area contributed by atoms with Crippen molar-refractivity contribution >= 4 is 43.6 Å². The van der Waals surface area contributed by atoms with Gasteiger partial charge in [0.1, 0.15) is 0 Å². The van der Waals surface area contributed by atoms with Gasteiger partial charge in [-0.1, -0.05) is 105 Å². The number of fused-ring (bicyclic) bond motifs is 6. The first-order valence-electron chi connectivity index (χ1n) is 11.9. The molecule has 166 valence electrons. The van der Waals surface area contributed by atoms with Gasteiger partial charge in [-0.2, -0.15) is 0 Å². The molecule has 0 spiro atoms. The minimum Gasteiger partial charge on any atom is -0.355 e. The maximum Gasteiger partial charge on any atom is 0.0541 e. The zero-order chi connectivity index (χ0) is 23.3. The van der Waals surface area contributed by atoms with Gasteiger partial charge in [-0.15, -0.1) is 0 Å². The van der Waals surface area contributed by atoms with E-state index in [0.29, 0.717) is 0 Å². The van der Waals surface area contributed by atoms with Crippen LogP contribution in [-0.2, 0) is 0 Å². The fourth-order valence-electron chi connectivity index (χ4n) is 4.58. The highest BCUT2D eigenvalue weighted by Gasteiger charge is 2.10. The lowest BCUT2D eigenvalue weighted by Gasteiger charge is -2.06. The molecule has 0 amide bonds. The van der Waals surface area contributed by atoms with E-state index in [-0.39, 0.29) is 0 Å². The highest BCUT2D eigenvalue weighted by molar-refractivity contribution is 6.09. The van der Waals surface area contributed by atoms with E-state index >= 15 is 0 Å². The number of nitrogens with one attached hydrogen (secondary N) is 1. The first kappa shape index (κ1) is 21.5. The third-order valence-corrected chi connectivity index (χ3v) is 6.01. The first-order chi connectivity index (χ1) is 16.9. The van der Waals surface area contributed by atoms with Gasteiger partial charge in [0.05, 0.1) is 11.0 Å². The van der Waals surface area contributed by atoms with E-state index in [1.807, 2.05) is 13.8 Å². The molecule has 2 aromatic heterocycles. The Kier molecular flexibility index (Phi) is 6.13. The van der Waals surface area contributed by atoms with Crippen LogP contribution in [-0.4, -0.2) is 9.55 Å². The summed E-state index contributed by atoms with van der Waals surface area (Å²) < 4.78 is 2.32. The van der Waals surface area contributed by atoms with Crippen LogP contribution in [0.4, 0.5) is 0 Å². The smallest absolute Gasteiger partial charge is 0.0541 e. The molecule has 7 rings (SSSR count). The van der Waals surface area contributed by atoms with Gasteiger partial charge in [-0.3, -0.25) is 0 Å². The van der Waals surface area contributed by atoms with E-state index in [1.165, 1.54) is 49.3 Å². The molecule has 0 aliphatic heterocycles. The van der Waals surface area contributed by atoms with Crippen molar-refractivity contribution in [2.24, 2.45) is 0 Å². The SMILES string of the molecule is CC.c1ccc(-n2c3ccccc3c3ccccc32)cc1.c1ccc2c(c1)[nH]c1ccccc12. The lowest BCUT2D eigenvalue weighted by atomic mass is 10.2. The number of para-hydroxylation sites is 5. The zero-order valence-corrected chi connectivity index (χ0v) is 19.6. The van der Waals surface area contributed by atoms with Crippen molar-refractivity contribution in [3.8, 4) is 5.69 Å². The van der Waals surface area contributed by atoms with Gasteiger partial charge in [0.2, 0.25) is 0 Å². The molecule has 0 aliphatic carbocycles. The standard InChI is InChI=1S/C18H13N.C12H9N.C2H6/c1-2-8-14(9-3-1)19-17-12-6-4-10-15(17)16-11-5-7-13-18(16)19;1-3-7-11-9(5-1)10-6-2-4-8-12(10)13-11;1-2/h1-13H;1-8,13H;1-2H3. The third kappa shape index (κ3) is 3.84. The molecule has 2 heteroatoms. The van der Waals surface area contributed by atoms with Crippen LogP contribution in [0.3, 0.4) is 0 Å². The molecular weight excluding hydrogens is 412 g/mol. The molecule has 2 nitrogen and oxygen atoms in total. The van der Waals surface area contributed by atoms with Crippen LogP contribution in [0.15, 0.2) is 127 Å². The van der Waals surface area contributed by atoms with Crippen molar-refractivity contribution in [1.29, 1.82) is 0 Å². The van der Waals surface area contributed by atoms with Crippen LogP contribution in [0, 0.1) is 0 Å². The summed E-state index contributed by atoms with van der Waals surface area (Å²) in [6, 6.07) is 44.4. The molecule has 2 heterocycles. The van der Waals surface area contributed by atoms with Gasteiger partial charge in [-0.25, -0.2) is 0 Å². The van der Waals surface area contributed by atoms with Crippen molar-refractivity contribution in [2.75, 3.05) is 0 Å². The Morgan fingerprint density at radius 3 is 1.29 bits per heavy atom. The average molecular weight is 441 g/mol. The quantitative estimate of drug-likeness (QED) is 0.263. The molecule has 0 aliphatic rings. The van der Waals surface area contributed by atoms with Crippen LogP contribution in [0.1, 0.15) is 13.8 Å². The van der Waals surface area contributed by atoms with E-state index in [2.05, 4.69) is 137 Å². The van der Waals surface area contributed by atoms with Crippen LogP contribution >= 0.6 is 0 Å². The largest absolute Gasteiger partial charge is 0.355 e. The van der Waals surface area contributed by atoms with Gasteiger partial charge in [-0.05, 0) is 36.4 Å². The number of rotatable bonds is 1. The second kappa shape index (κ2) is 9.68. The van der Waals surface area contributed by atoms with Gasteiger partial charge >= 0.3 is 0 Å². The second-order valence-corrected chi connectivity index (χ2v) is 7.92. The molecule has 5 aromatic carbocycles. The highest BCUT2D eigenvalue weighted by Crippen LogP contribution is 2.31. The van der Waals surface area contributed by atoms with Gasteiger partial charge in [0, 0.05) is 38.3 Å². The minimum absolute atomic E-state index is 1.21. The monoisotopic (exact) mass is 440 g/mol. The Balaban J connectivity index is 0.000000140. The Bertz CT molecular complexity index is 1570. The molecule has 0 bridgehead atoms. The average Bonchev–Trinajstić information content (AvgIpc) is 3.47. The Labute approximate surface area is 200 Å². The lowest BCUT2D eigenvalue weighted by Crippen LogP contribution is -1.92. The van der Waals surface area contributed by atoms with E-state index in [9.17, 15) is 0 Å². The normalized spacial score (nSPS) is 10.6. The summed E-state index contributed by atoms with van der Waals surface area (Å²) in [4.78, 5) is 3.38. The molecule has 0 atom stereocenters. The number of H-pyrrole nitrogens is 1. The number of aromatic amines is 1. The minimum atomic E-state index is 1.21. The molecular formula is C32H28N2. The molecule has 0 saturated heterocycles. The fraction of sp³-hybridized carbons (Fsp3) is 0.0625. The second-order valence-electron chi connectivity index (χ2n) is 7.92. The number of hydrogen-bond donors (Lipinski definition) is 1. The lowest BCUT2D eigenvalue weighted by molar-refractivity contribution is 1.18. The molecule has 0 fully saturated rings. The summed E-state index contributed by atoms with van der Waals surface area (Å²) in [5.41, 5.74) is 6.15. The zero-order valence-electron chi connectivity index (χ0n) is 19.6. The van der Waals surface area contributed by atoms with Crippen LogP contribution in [0.25, 0.3) is 49.3 Å². The molecule has 7 aromatic rings. The van der Waals surface area contributed by atoms with Crippen molar-refractivity contribution in [3.05, 3.63) is 127 Å². The predicted octanol–water partition coefficient (Wildman–Crippen LogP) is 9.13. The Morgan fingerprint density at radius 1 is 0.412 bits per heavy atom. The van der Waals surface area contributed by atoms with Crippen molar-refractivity contribution < 1.29 is 0 Å². The number of benzene rings is 5. The third-order valence-electron chi connectivity index (χ3n) is 6.01. The van der Waals surface area contributed by atoms with E-state index in [0.717, 1.165) is 0 Å². The first-order valence-corrected chi connectivity index (χ1v) is 11.9. The van der Waals surface area contributed by atoms with Crippen molar-refractivity contribution in [3.63, 3.8) is 0 Å². The summed E-state index contributed by atoms with van der Waals surface area (Å²) in [5.74, 6) is 0. The Morgan fingerprint density at radius 2 is 0.794 bits per heavy atom. The number of aromatic nitrogens is 2. The Hall–Kier alpha value is -4.30. The van der Waals surface area contributed by atoms with E-state index in [1.54, 1.807) is 0 Å². The number of nitrogens with zero attached hydrogens (tertiary/aromatic N) is 1. The van der Waals surface area contributed by atoms with Gasteiger partial charge < -0.3 is 9.55 Å². The van der Waals surface area contributed by atoms with Crippen LogP contribution in [0.5, 0.6) is 0 Å². The van der Waals surface area contributed by atoms with E-state index < -0.39 is 0 Å². The van der Waals surface area contributed by atoms with Crippen LogP contribution < -0.4 is 0 Å². The van der Waals surface area contributed by atoms with E-state index in [4.69, 9.17) is 0 Å². The predicted molar refractivity (Wildman–Crippen MR) is 148 cm³/mol. The molecule has 1 N–H and O–H groups in total. The summed E-state index contributed by atoms with van der Waals surface area (Å²) >= 11 is 0. The summed E-state index contributed by atoms with van der Waals surface area (Å²) in [6.07, 6.45) is 0. The number of hydrogen-bond acceptors (Lipinski definition) is 0. The van der Waals surface area contributed by atoms with Gasteiger partial charge in [0.25, 0.3) is 0 Å². The van der Waals surface area contributed by atoms with Crippen molar-refractivity contribution in [1.82, 2.24) is 9.55 Å². The van der Waals surface area contributed by atoms with Crippen LogP contribution in [0.2, 0.25) is 0 Å². The molecule has 0 unspecified atom stereocenters. The summed E-state index contributed by atoms with van der Waals surface area (Å²) in [5, 5.41) is 5.22. The van der Waals surface area contributed by atoms with Crippen molar-refractivity contribution in [2.45, 2.75) is 13.8 Å². The molecule has 34 heavy (non-hydrogen) atoms. The van der Waals surface area contributed by atoms with Gasteiger partial charge in [0.15, 0.2) is 0 Å².